The number of benzene rings is 1. The van der Waals surface area contributed by atoms with Gasteiger partial charge < -0.3 is 9.64 Å². The molecule has 0 N–H and O–H groups in total. The highest BCUT2D eigenvalue weighted by Crippen LogP contribution is 2.19. The highest BCUT2D eigenvalue weighted by molar-refractivity contribution is 7.09. The molecule has 0 spiro atoms. The van der Waals surface area contributed by atoms with E-state index in [1.807, 2.05) is 17.5 Å². The summed E-state index contributed by atoms with van der Waals surface area (Å²) in [6, 6.07) is 8.77. The topological polar surface area (TPSA) is 29.5 Å². The van der Waals surface area contributed by atoms with E-state index in [4.69, 9.17) is 4.74 Å². The summed E-state index contributed by atoms with van der Waals surface area (Å²) in [4.78, 5) is 15.3. The van der Waals surface area contributed by atoms with Gasteiger partial charge in [0.2, 0.25) is 5.91 Å². The number of carbonyl (C=O) groups is 1. The number of aryl methyl sites for hydroxylation is 1. The Morgan fingerprint density at radius 2 is 2.26 bits per heavy atom. The molecule has 0 saturated heterocycles. The lowest BCUT2D eigenvalue weighted by Gasteiger charge is -2.20. The molecule has 1 aromatic carbocycles. The molecule has 0 unspecified atom stereocenters. The molecule has 1 amide bonds. The van der Waals surface area contributed by atoms with Crippen LogP contribution in [0.4, 0.5) is 4.39 Å². The van der Waals surface area contributed by atoms with E-state index < -0.39 is 5.82 Å². The van der Waals surface area contributed by atoms with Crippen molar-refractivity contribution in [2.24, 2.45) is 0 Å². The molecule has 23 heavy (non-hydrogen) atoms. The van der Waals surface area contributed by atoms with E-state index in [-0.39, 0.29) is 11.7 Å². The third-order valence-electron chi connectivity index (χ3n) is 3.47. The third-order valence-corrected chi connectivity index (χ3v) is 4.33. The summed E-state index contributed by atoms with van der Waals surface area (Å²) >= 11 is 1.62. The van der Waals surface area contributed by atoms with Crippen LogP contribution >= 0.6 is 11.3 Å². The zero-order valence-corrected chi connectivity index (χ0v) is 13.9. The fourth-order valence-electron chi connectivity index (χ4n) is 2.28. The first-order valence-corrected chi connectivity index (χ1v) is 8.25. The van der Waals surface area contributed by atoms with Gasteiger partial charge in [0, 0.05) is 17.8 Å². The van der Waals surface area contributed by atoms with Crippen molar-refractivity contribution in [2.75, 3.05) is 13.7 Å². The molecule has 0 saturated carbocycles. The molecule has 0 aliphatic rings. The first-order chi connectivity index (χ1) is 11.1. The van der Waals surface area contributed by atoms with E-state index in [9.17, 15) is 9.18 Å². The second kappa shape index (κ2) is 8.48. The van der Waals surface area contributed by atoms with E-state index in [2.05, 4.69) is 6.58 Å². The number of thiophene rings is 1. The van der Waals surface area contributed by atoms with Gasteiger partial charge in [-0.05, 0) is 35.6 Å². The smallest absolute Gasteiger partial charge is 0.223 e. The Kier molecular flexibility index (Phi) is 6.35. The Balaban J connectivity index is 1.95. The van der Waals surface area contributed by atoms with Gasteiger partial charge in [-0.2, -0.15) is 0 Å². The Morgan fingerprint density at radius 1 is 1.43 bits per heavy atom. The Labute approximate surface area is 140 Å². The van der Waals surface area contributed by atoms with Crippen LogP contribution in [-0.4, -0.2) is 24.5 Å². The molecule has 3 nitrogen and oxygen atoms in total. The largest absolute Gasteiger partial charge is 0.494 e. The maximum Gasteiger partial charge on any atom is 0.223 e. The van der Waals surface area contributed by atoms with Crippen molar-refractivity contribution in [3.63, 3.8) is 0 Å². The van der Waals surface area contributed by atoms with Gasteiger partial charge in [0.25, 0.3) is 0 Å². The lowest BCUT2D eigenvalue weighted by Crippen LogP contribution is -2.30. The summed E-state index contributed by atoms with van der Waals surface area (Å²) in [7, 11) is 1.43. The van der Waals surface area contributed by atoms with Crippen LogP contribution in [0.1, 0.15) is 16.9 Å². The molecular formula is C18H20FNO2S. The maximum atomic E-state index is 13.7. The van der Waals surface area contributed by atoms with E-state index in [1.165, 1.54) is 13.2 Å². The standard InChI is InChI=1S/C18H20FNO2S/c1-3-10-20(13-15-5-4-11-23-15)18(21)9-7-14-6-8-17(22-2)16(19)12-14/h3-6,8,11-12H,1,7,9-10,13H2,2H3. The maximum absolute atomic E-state index is 13.7. The van der Waals surface area contributed by atoms with Crippen LogP contribution in [0, 0.1) is 5.82 Å². The van der Waals surface area contributed by atoms with Crippen molar-refractivity contribution in [1.82, 2.24) is 4.90 Å². The molecule has 1 aromatic heterocycles. The lowest BCUT2D eigenvalue weighted by atomic mass is 10.1. The average molecular weight is 333 g/mol. The minimum absolute atomic E-state index is 0.0366. The monoisotopic (exact) mass is 333 g/mol. The highest BCUT2D eigenvalue weighted by atomic mass is 32.1. The molecule has 0 aliphatic carbocycles. The van der Waals surface area contributed by atoms with Crippen molar-refractivity contribution in [3.05, 3.63) is 64.6 Å². The molecule has 0 atom stereocenters. The minimum Gasteiger partial charge on any atom is -0.494 e. The Hall–Kier alpha value is -2.14. The number of ether oxygens (including phenoxy) is 1. The Morgan fingerprint density at radius 3 is 2.87 bits per heavy atom. The number of carbonyl (C=O) groups excluding carboxylic acids is 1. The van der Waals surface area contributed by atoms with Crippen molar-refractivity contribution in [3.8, 4) is 5.75 Å². The summed E-state index contributed by atoms with van der Waals surface area (Å²) < 4.78 is 18.6. The summed E-state index contributed by atoms with van der Waals surface area (Å²) in [5, 5.41) is 1.99. The van der Waals surface area contributed by atoms with Crippen molar-refractivity contribution in [2.45, 2.75) is 19.4 Å². The molecule has 2 aromatic rings. The molecule has 0 aliphatic heterocycles. The number of halogens is 1. The van der Waals surface area contributed by atoms with Crippen LogP contribution < -0.4 is 4.74 Å². The SMILES string of the molecule is C=CCN(Cc1cccs1)C(=O)CCc1ccc(OC)c(F)c1. The van der Waals surface area contributed by atoms with E-state index in [1.54, 1.807) is 34.4 Å². The highest BCUT2D eigenvalue weighted by Gasteiger charge is 2.14. The van der Waals surface area contributed by atoms with E-state index in [0.717, 1.165) is 10.4 Å². The van der Waals surface area contributed by atoms with Gasteiger partial charge in [-0.1, -0.05) is 18.2 Å². The predicted octanol–water partition coefficient (Wildman–Crippen LogP) is 4.04. The number of rotatable bonds is 8. The summed E-state index contributed by atoms with van der Waals surface area (Å²) in [5.41, 5.74) is 0.784. The molecule has 0 bridgehead atoms. The van der Waals surface area contributed by atoms with Crippen LogP contribution in [0.25, 0.3) is 0 Å². The van der Waals surface area contributed by atoms with Crippen molar-refractivity contribution in [1.29, 1.82) is 0 Å². The van der Waals surface area contributed by atoms with Gasteiger partial charge in [0.1, 0.15) is 0 Å². The van der Waals surface area contributed by atoms with Gasteiger partial charge in [-0.25, -0.2) is 4.39 Å². The lowest BCUT2D eigenvalue weighted by molar-refractivity contribution is -0.131. The molecule has 0 radical (unpaired) electrons. The zero-order chi connectivity index (χ0) is 16.7. The summed E-state index contributed by atoms with van der Waals surface area (Å²) in [6.07, 6.45) is 2.56. The Bertz CT molecular complexity index is 655. The van der Waals surface area contributed by atoms with Gasteiger partial charge in [0.15, 0.2) is 11.6 Å². The number of methoxy groups -OCH3 is 1. The first-order valence-electron chi connectivity index (χ1n) is 7.37. The van der Waals surface area contributed by atoms with E-state index in [0.29, 0.717) is 25.9 Å². The quantitative estimate of drug-likeness (QED) is 0.682. The predicted molar refractivity (Wildman–Crippen MR) is 91.2 cm³/mol. The molecule has 2 rings (SSSR count). The van der Waals surface area contributed by atoms with Crippen LogP contribution in [-0.2, 0) is 17.8 Å². The first kappa shape index (κ1) is 17.2. The third kappa shape index (κ3) is 4.93. The van der Waals surface area contributed by atoms with Crippen LogP contribution in [0.2, 0.25) is 0 Å². The molecule has 1 heterocycles. The van der Waals surface area contributed by atoms with Crippen LogP contribution in [0.3, 0.4) is 0 Å². The number of amides is 1. The molecule has 5 heteroatoms. The molecular weight excluding hydrogens is 313 g/mol. The van der Waals surface area contributed by atoms with Gasteiger partial charge in [-0.3, -0.25) is 4.79 Å². The van der Waals surface area contributed by atoms with Gasteiger partial charge >= 0.3 is 0 Å². The number of hydrogen-bond donors (Lipinski definition) is 0. The molecule has 0 fully saturated rings. The second-order valence-electron chi connectivity index (χ2n) is 5.11. The minimum atomic E-state index is -0.404. The average Bonchev–Trinajstić information content (AvgIpc) is 3.05. The fourth-order valence-corrected chi connectivity index (χ4v) is 3.00. The van der Waals surface area contributed by atoms with Gasteiger partial charge in [0.05, 0.1) is 13.7 Å². The van der Waals surface area contributed by atoms with Crippen LogP contribution in [0.5, 0.6) is 5.75 Å². The van der Waals surface area contributed by atoms with Gasteiger partial charge in [-0.15, -0.1) is 17.9 Å². The van der Waals surface area contributed by atoms with E-state index >= 15 is 0 Å². The van der Waals surface area contributed by atoms with Crippen LogP contribution in [0.15, 0.2) is 48.4 Å². The molecule has 122 valence electrons. The summed E-state index contributed by atoms with van der Waals surface area (Å²) in [5.74, 6) is -0.153. The fraction of sp³-hybridized carbons (Fsp3) is 0.278. The summed E-state index contributed by atoms with van der Waals surface area (Å²) in [6.45, 7) is 4.80. The normalized spacial score (nSPS) is 10.3. The number of hydrogen-bond acceptors (Lipinski definition) is 3. The number of nitrogens with zero attached hydrogens (tertiary/aromatic N) is 1. The zero-order valence-electron chi connectivity index (χ0n) is 13.1. The van der Waals surface area contributed by atoms with Crippen molar-refractivity contribution >= 4 is 17.2 Å². The van der Waals surface area contributed by atoms with Crippen molar-refractivity contribution < 1.29 is 13.9 Å². The second-order valence-corrected chi connectivity index (χ2v) is 6.14.